The maximum atomic E-state index is 11.8. The SMILES string of the molecule is CC(C)(C)OC(=O)N[C@H]1CCN(c2ccccc2[N+](=O)[O-])C1. The van der Waals surface area contributed by atoms with Crippen LogP contribution in [0.15, 0.2) is 24.3 Å². The first-order chi connectivity index (χ1) is 10.3. The molecule has 0 aliphatic carbocycles. The number of hydrogen-bond acceptors (Lipinski definition) is 5. The predicted molar refractivity (Wildman–Crippen MR) is 83.1 cm³/mol. The van der Waals surface area contributed by atoms with E-state index >= 15 is 0 Å². The summed E-state index contributed by atoms with van der Waals surface area (Å²) in [4.78, 5) is 24.4. The van der Waals surface area contributed by atoms with Crippen LogP contribution in [0.5, 0.6) is 0 Å². The number of nitro benzene ring substituents is 1. The van der Waals surface area contributed by atoms with Crippen LogP contribution in [0.2, 0.25) is 0 Å². The van der Waals surface area contributed by atoms with Crippen LogP contribution in [-0.4, -0.2) is 35.7 Å². The molecule has 1 aromatic rings. The third-order valence-electron chi connectivity index (χ3n) is 3.33. The van der Waals surface area contributed by atoms with Gasteiger partial charge in [0.15, 0.2) is 0 Å². The summed E-state index contributed by atoms with van der Waals surface area (Å²) in [5, 5.41) is 13.9. The lowest BCUT2D eigenvalue weighted by atomic mass is 10.2. The van der Waals surface area contributed by atoms with Crippen LogP contribution in [0.4, 0.5) is 16.2 Å². The van der Waals surface area contributed by atoms with Crippen molar-refractivity contribution >= 4 is 17.5 Å². The van der Waals surface area contributed by atoms with Gasteiger partial charge in [0, 0.05) is 19.2 Å². The Morgan fingerprint density at radius 3 is 2.73 bits per heavy atom. The molecule has 7 heteroatoms. The summed E-state index contributed by atoms with van der Waals surface area (Å²) in [6.45, 7) is 6.61. The fourth-order valence-electron chi connectivity index (χ4n) is 2.46. The van der Waals surface area contributed by atoms with Crippen LogP contribution in [0.3, 0.4) is 0 Å². The number of benzene rings is 1. The molecule has 1 N–H and O–H groups in total. The van der Waals surface area contributed by atoms with Gasteiger partial charge in [-0.1, -0.05) is 12.1 Å². The number of alkyl carbamates (subject to hydrolysis) is 1. The van der Waals surface area contributed by atoms with E-state index in [0.29, 0.717) is 18.8 Å². The zero-order valence-corrected chi connectivity index (χ0v) is 13.0. The number of hydrogen-bond donors (Lipinski definition) is 1. The molecule has 0 spiro atoms. The van der Waals surface area contributed by atoms with Crippen molar-refractivity contribution in [1.29, 1.82) is 0 Å². The van der Waals surface area contributed by atoms with Crippen molar-refractivity contribution in [2.45, 2.75) is 38.8 Å². The highest BCUT2D eigenvalue weighted by atomic mass is 16.6. The minimum Gasteiger partial charge on any atom is -0.444 e. The molecule has 1 aromatic carbocycles. The van der Waals surface area contributed by atoms with Crippen LogP contribution in [0, 0.1) is 10.1 Å². The maximum Gasteiger partial charge on any atom is 0.407 e. The number of anilines is 1. The topological polar surface area (TPSA) is 84.7 Å². The molecule has 0 unspecified atom stereocenters. The monoisotopic (exact) mass is 307 g/mol. The van der Waals surface area contributed by atoms with Gasteiger partial charge in [-0.25, -0.2) is 4.79 Å². The first-order valence-electron chi connectivity index (χ1n) is 7.24. The van der Waals surface area contributed by atoms with Gasteiger partial charge in [0.2, 0.25) is 0 Å². The van der Waals surface area contributed by atoms with Crippen molar-refractivity contribution in [3.05, 3.63) is 34.4 Å². The van der Waals surface area contributed by atoms with E-state index in [2.05, 4.69) is 5.32 Å². The minimum atomic E-state index is -0.541. The number of nitrogens with one attached hydrogen (secondary N) is 1. The molecule has 1 amide bonds. The summed E-state index contributed by atoms with van der Waals surface area (Å²) in [7, 11) is 0. The highest BCUT2D eigenvalue weighted by Gasteiger charge is 2.29. The lowest BCUT2D eigenvalue weighted by Crippen LogP contribution is -2.40. The van der Waals surface area contributed by atoms with E-state index in [0.717, 1.165) is 6.42 Å². The van der Waals surface area contributed by atoms with E-state index in [-0.39, 0.29) is 16.7 Å². The summed E-state index contributed by atoms with van der Waals surface area (Å²) >= 11 is 0. The van der Waals surface area contributed by atoms with Crippen LogP contribution >= 0.6 is 0 Å². The van der Waals surface area contributed by atoms with Crippen molar-refractivity contribution in [3.63, 3.8) is 0 Å². The standard InChI is InChI=1S/C15H21N3O4/c1-15(2,3)22-14(19)16-11-8-9-17(10-11)12-6-4-5-7-13(12)18(20)21/h4-7,11H,8-10H2,1-3H3,(H,16,19)/t11-/m0/s1. The number of rotatable bonds is 3. The van der Waals surface area contributed by atoms with E-state index in [1.165, 1.54) is 6.07 Å². The van der Waals surface area contributed by atoms with Crippen molar-refractivity contribution in [2.75, 3.05) is 18.0 Å². The quantitative estimate of drug-likeness (QED) is 0.685. The Balaban J connectivity index is 1.99. The number of ether oxygens (including phenoxy) is 1. The molecule has 1 saturated heterocycles. The molecule has 1 aliphatic heterocycles. The van der Waals surface area contributed by atoms with Gasteiger partial charge in [-0.15, -0.1) is 0 Å². The van der Waals surface area contributed by atoms with Crippen LogP contribution in [-0.2, 0) is 4.74 Å². The summed E-state index contributed by atoms with van der Waals surface area (Å²) < 4.78 is 5.23. The summed E-state index contributed by atoms with van der Waals surface area (Å²) in [5.74, 6) is 0. The Kier molecular flexibility index (Phi) is 4.54. The van der Waals surface area contributed by atoms with Crippen LogP contribution in [0.25, 0.3) is 0 Å². The Labute approximate surface area is 129 Å². The third kappa shape index (κ3) is 4.09. The van der Waals surface area contributed by atoms with Crippen LogP contribution in [0.1, 0.15) is 27.2 Å². The smallest absolute Gasteiger partial charge is 0.407 e. The number of amides is 1. The van der Waals surface area contributed by atoms with Gasteiger partial charge in [-0.2, -0.15) is 0 Å². The predicted octanol–water partition coefficient (Wildman–Crippen LogP) is 2.70. The largest absolute Gasteiger partial charge is 0.444 e. The molecule has 7 nitrogen and oxygen atoms in total. The Bertz CT molecular complexity index is 568. The fourth-order valence-corrected chi connectivity index (χ4v) is 2.46. The summed E-state index contributed by atoms with van der Waals surface area (Å²) in [6.07, 6.45) is 0.271. The van der Waals surface area contributed by atoms with Gasteiger partial charge in [-0.05, 0) is 33.3 Å². The molecule has 0 aromatic heterocycles. The normalized spacial score (nSPS) is 18.1. The zero-order valence-electron chi connectivity index (χ0n) is 13.0. The molecule has 0 radical (unpaired) electrons. The summed E-state index contributed by atoms with van der Waals surface area (Å²) in [5.41, 5.74) is 0.127. The number of nitrogens with zero attached hydrogens (tertiary/aromatic N) is 2. The maximum absolute atomic E-state index is 11.8. The molecular weight excluding hydrogens is 286 g/mol. The Morgan fingerprint density at radius 1 is 1.41 bits per heavy atom. The highest BCUT2D eigenvalue weighted by Crippen LogP contribution is 2.30. The highest BCUT2D eigenvalue weighted by molar-refractivity contribution is 5.69. The van der Waals surface area contributed by atoms with Gasteiger partial charge >= 0.3 is 6.09 Å². The molecule has 1 fully saturated rings. The lowest BCUT2D eigenvalue weighted by molar-refractivity contribution is -0.384. The van der Waals surface area contributed by atoms with Crippen molar-refractivity contribution in [1.82, 2.24) is 5.32 Å². The Hall–Kier alpha value is -2.31. The van der Waals surface area contributed by atoms with Crippen molar-refractivity contribution < 1.29 is 14.5 Å². The number of carbonyl (C=O) groups is 1. The van der Waals surface area contributed by atoms with E-state index in [1.807, 2.05) is 4.90 Å². The second-order valence-electron chi connectivity index (χ2n) is 6.32. The molecule has 1 aliphatic rings. The molecular formula is C15H21N3O4. The van der Waals surface area contributed by atoms with Crippen molar-refractivity contribution in [2.24, 2.45) is 0 Å². The molecule has 0 bridgehead atoms. The molecule has 1 heterocycles. The van der Waals surface area contributed by atoms with Gasteiger partial charge in [0.05, 0.1) is 11.0 Å². The Morgan fingerprint density at radius 2 is 2.09 bits per heavy atom. The molecule has 0 saturated carbocycles. The number of carbonyl (C=O) groups excluding carboxylic acids is 1. The number of nitro groups is 1. The number of para-hydroxylation sites is 2. The fraction of sp³-hybridized carbons (Fsp3) is 0.533. The van der Waals surface area contributed by atoms with Gasteiger partial charge in [0.25, 0.3) is 5.69 Å². The molecule has 120 valence electrons. The molecule has 1 atom stereocenters. The van der Waals surface area contributed by atoms with Crippen LogP contribution < -0.4 is 10.2 Å². The van der Waals surface area contributed by atoms with E-state index in [1.54, 1.807) is 39.0 Å². The average Bonchev–Trinajstić information content (AvgIpc) is 2.84. The first-order valence-corrected chi connectivity index (χ1v) is 7.24. The van der Waals surface area contributed by atoms with Gasteiger partial charge in [-0.3, -0.25) is 10.1 Å². The van der Waals surface area contributed by atoms with E-state index in [9.17, 15) is 14.9 Å². The minimum absolute atomic E-state index is 0.0744. The van der Waals surface area contributed by atoms with Gasteiger partial charge in [0.1, 0.15) is 11.3 Å². The van der Waals surface area contributed by atoms with E-state index < -0.39 is 11.7 Å². The van der Waals surface area contributed by atoms with Gasteiger partial charge < -0.3 is 15.0 Å². The van der Waals surface area contributed by atoms with Crippen molar-refractivity contribution in [3.8, 4) is 0 Å². The zero-order chi connectivity index (χ0) is 16.3. The second-order valence-corrected chi connectivity index (χ2v) is 6.32. The summed E-state index contributed by atoms with van der Waals surface area (Å²) in [6, 6.07) is 6.57. The second kappa shape index (κ2) is 6.21. The molecule has 22 heavy (non-hydrogen) atoms. The van der Waals surface area contributed by atoms with E-state index in [4.69, 9.17) is 4.74 Å². The first kappa shape index (κ1) is 16.1. The average molecular weight is 307 g/mol. The third-order valence-corrected chi connectivity index (χ3v) is 3.33. The molecule has 2 rings (SSSR count). The lowest BCUT2D eigenvalue weighted by Gasteiger charge is -2.22.